The number of anilines is 1. The van der Waals surface area contributed by atoms with Crippen LogP contribution in [0.2, 0.25) is 0 Å². The molecular weight excluding hydrogens is 318 g/mol. The smallest absolute Gasteiger partial charge is 0.239 e. The number of nitrogens with zero attached hydrogens (tertiary/aromatic N) is 3. The summed E-state index contributed by atoms with van der Waals surface area (Å²) in [5.74, 6) is -0.761. The average molecular weight is 343 g/mol. The second kappa shape index (κ2) is 6.86. The Kier molecular flexibility index (Phi) is 4.79. The Hall–Kier alpha value is -2.37. The van der Waals surface area contributed by atoms with E-state index in [0.29, 0.717) is 39.1 Å². The van der Waals surface area contributed by atoms with E-state index in [4.69, 9.17) is 0 Å². The zero-order valence-electron chi connectivity index (χ0n) is 15.1. The van der Waals surface area contributed by atoms with Gasteiger partial charge in [-0.15, -0.1) is 0 Å². The molecule has 3 amide bonds. The third kappa shape index (κ3) is 3.25. The average Bonchev–Trinajstić information content (AvgIpc) is 2.98. The summed E-state index contributed by atoms with van der Waals surface area (Å²) in [6.07, 6.45) is 0.554. The number of aryl methyl sites for hydroxylation is 1. The van der Waals surface area contributed by atoms with Crippen LogP contribution in [0.1, 0.15) is 24.5 Å². The zero-order valence-corrected chi connectivity index (χ0v) is 15.1. The van der Waals surface area contributed by atoms with E-state index in [1.54, 1.807) is 21.6 Å². The van der Waals surface area contributed by atoms with Crippen LogP contribution in [0.25, 0.3) is 0 Å². The highest BCUT2D eigenvalue weighted by atomic mass is 16.2. The van der Waals surface area contributed by atoms with Crippen molar-refractivity contribution in [3.05, 3.63) is 29.3 Å². The van der Waals surface area contributed by atoms with Crippen LogP contribution >= 0.6 is 0 Å². The molecule has 1 aromatic carbocycles. The van der Waals surface area contributed by atoms with E-state index < -0.39 is 5.92 Å². The molecule has 2 aliphatic heterocycles. The minimum absolute atomic E-state index is 0.0325. The maximum Gasteiger partial charge on any atom is 0.239 e. The lowest BCUT2D eigenvalue weighted by Gasteiger charge is -2.35. The van der Waals surface area contributed by atoms with Crippen LogP contribution in [0.15, 0.2) is 18.2 Å². The summed E-state index contributed by atoms with van der Waals surface area (Å²) in [4.78, 5) is 42.3. The third-order valence-corrected chi connectivity index (χ3v) is 5.41. The molecule has 2 saturated heterocycles. The molecule has 1 aromatic rings. The molecule has 0 saturated carbocycles. The topological polar surface area (TPSA) is 60.9 Å². The summed E-state index contributed by atoms with van der Waals surface area (Å²) >= 11 is 0. The molecule has 2 heterocycles. The lowest BCUT2D eigenvalue weighted by Crippen LogP contribution is -2.52. The molecular formula is C19H25N3O3. The van der Waals surface area contributed by atoms with E-state index in [0.717, 1.165) is 16.8 Å². The van der Waals surface area contributed by atoms with E-state index in [1.165, 1.54) is 0 Å². The van der Waals surface area contributed by atoms with Crippen LogP contribution in [-0.2, 0) is 14.4 Å². The van der Waals surface area contributed by atoms with Crippen LogP contribution in [0.5, 0.6) is 0 Å². The third-order valence-electron chi connectivity index (χ3n) is 5.41. The molecule has 2 fully saturated rings. The number of amides is 3. The molecule has 0 aliphatic carbocycles. The van der Waals surface area contributed by atoms with Crippen molar-refractivity contribution in [3.63, 3.8) is 0 Å². The molecule has 1 unspecified atom stereocenters. The summed E-state index contributed by atoms with van der Waals surface area (Å²) in [5.41, 5.74) is 3.13. The van der Waals surface area contributed by atoms with Crippen LogP contribution < -0.4 is 4.90 Å². The molecule has 3 rings (SSSR count). The summed E-state index contributed by atoms with van der Waals surface area (Å²) in [5, 5.41) is 0. The quantitative estimate of drug-likeness (QED) is 0.762. The molecule has 2 aliphatic rings. The van der Waals surface area contributed by atoms with Crippen LogP contribution in [0.4, 0.5) is 5.69 Å². The maximum atomic E-state index is 12.8. The van der Waals surface area contributed by atoms with E-state index >= 15 is 0 Å². The normalized spacial score (nSPS) is 21.0. The number of carbonyl (C=O) groups excluding carboxylic acids is 3. The number of carbonyl (C=O) groups is 3. The van der Waals surface area contributed by atoms with Gasteiger partial charge in [-0.2, -0.15) is 0 Å². The SMILES string of the molecule is CC(=O)N1CCN(C(=O)C2CCN(c3cccc(C)c3C)C2=O)CC1. The molecule has 6 nitrogen and oxygen atoms in total. The Labute approximate surface area is 148 Å². The van der Waals surface area contributed by atoms with Gasteiger partial charge in [-0.25, -0.2) is 0 Å². The minimum Gasteiger partial charge on any atom is -0.339 e. The lowest BCUT2D eigenvalue weighted by molar-refractivity contribution is -0.144. The summed E-state index contributed by atoms with van der Waals surface area (Å²) in [6.45, 7) is 8.25. The van der Waals surface area contributed by atoms with Crippen molar-refractivity contribution >= 4 is 23.4 Å². The number of hydrogen-bond acceptors (Lipinski definition) is 3. The van der Waals surface area contributed by atoms with Crippen molar-refractivity contribution in [1.82, 2.24) is 9.80 Å². The van der Waals surface area contributed by atoms with Crippen molar-refractivity contribution in [2.45, 2.75) is 27.2 Å². The van der Waals surface area contributed by atoms with Crippen molar-refractivity contribution in [2.24, 2.45) is 5.92 Å². The highest BCUT2D eigenvalue weighted by molar-refractivity contribution is 6.10. The van der Waals surface area contributed by atoms with Crippen molar-refractivity contribution in [2.75, 3.05) is 37.6 Å². The number of rotatable bonds is 2. The summed E-state index contributed by atoms with van der Waals surface area (Å²) < 4.78 is 0. The van der Waals surface area contributed by atoms with Gasteiger partial charge >= 0.3 is 0 Å². The molecule has 6 heteroatoms. The molecule has 134 valence electrons. The Morgan fingerprint density at radius 3 is 2.28 bits per heavy atom. The van der Waals surface area contributed by atoms with Gasteiger partial charge in [0.2, 0.25) is 17.7 Å². The fourth-order valence-corrected chi connectivity index (χ4v) is 3.64. The van der Waals surface area contributed by atoms with Gasteiger partial charge in [0.1, 0.15) is 5.92 Å². The first-order chi connectivity index (χ1) is 11.9. The first-order valence-corrected chi connectivity index (χ1v) is 8.82. The van der Waals surface area contributed by atoms with Gasteiger partial charge in [0.25, 0.3) is 0 Å². The van der Waals surface area contributed by atoms with Crippen LogP contribution in [0, 0.1) is 19.8 Å². The molecule has 0 bridgehead atoms. The highest BCUT2D eigenvalue weighted by Gasteiger charge is 2.40. The van der Waals surface area contributed by atoms with Crippen molar-refractivity contribution in [1.29, 1.82) is 0 Å². The van der Waals surface area contributed by atoms with E-state index in [1.807, 2.05) is 32.0 Å². The Bertz CT molecular complexity index is 708. The zero-order chi connectivity index (χ0) is 18.1. The van der Waals surface area contributed by atoms with Gasteiger partial charge < -0.3 is 14.7 Å². The van der Waals surface area contributed by atoms with Gasteiger partial charge in [0, 0.05) is 45.3 Å². The highest BCUT2D eigenvalue weighted by Crippen LogP contribution is 2.30. The van der Waals surface area contributed by atoms with Crippen molar-refractivity contribution < 1.29 is 14.4 Å². The lowest BCUT2D eigenvalue weighted by atomic mass is 10.1. The Morgan fingerprint density at radius 2 is 1.64 bits per heavy atom. The van der Waals surface area contributed by atoms with Crippen LogP contribution in [-0.4, -0.2) is 60.2 Å². The van der Waals surface area contributed by atoms with Gasteiger partial charge in [0.15, 0.2) is 0 Å². The standard InChI is InChI=1S/C19H25N3O3/c1-13-5-4-6-17(14(13)2)22-8-7-16(19(22)25)18(24)21-11-9-20(10-12-21)15(3)23/h4-6,16H,7-12H2,1-3H3. The van der Waals surface area contributed by atoms with Gasteiger partial charge in [0.05, 0.1) is 0 Å². The van der Waals surface area contributed by atoms with Crippen molar-refractivity contribution in [3.8, 4) is 0 Å². The minimum atomic E-state index is -0.594. The number of piperazine rings is 1. The molecule has 25 heavy (non-hydrogen) atoms. The Morgan fingerprint density at radius 1 is 1.00 bits per heavy atom. The second-order valence-electron chi connectivity index (χ2n) is 6.88. The number of hydrogen-bond donors (Lipinski definition) is 0. The Balaban J connectivity index is 1.69. The molecule has 0 aromatic heterocycles. The maximum absolute atomic E-state index is 12.8. The second-order valence-corrected chi connectivity index (χ2v) is 6.88. The molecule has 0 N–H and O–H groups in total. The predicted molar refractivity (Wildman–Crippen MR) is 95.2 cm³/mol. The van der Waals surface area contributed by atoms with Gasteiger partial charge in [-0.05, 0) is 37.5 Å². The van der Waals surface area contributed by atoms with E-state index in [9.17, 15) is 14.4 Å². The summed E-state index contributed by atoms with van der Waals surface area (Å²) in [7, 11) is 0. The first kappa shape index (κ1) is 17.5. The molecule has 1 atom stereocenters. The fraction of sp³-hybridized carbons (Fsp3) is 0.526. The molecule has 0 spiro atoms. The van der Waals surface area contributed by atoms with Crippen LogP contribution in [0.3, 0.4) is 0 Å². The largest absolute Gasteiger partial charge is 0.339 e. The van der Waals surface area contributed by atoms with E-state index in [2.05, 4.69) is 0 Å². The number of benzene rings is 1. The fourth-order valence-electron chi connectivity index (χ4n) is 3.64. The summed E-state index contributed by atoms with van der Waals surface area (Å²) in [6, 6.07) is 5.91. The van der Waals surface area contributed by atoms with E-state index in [-0.39, 0.29) is 17.7 Å². The first-order valence-electron chi connectivity index (χ1n) is 8.82. The van der Waals surface area contributed by atoms with Gasteiger partial charge in [-0.3, -0.25) is 14.4 Å². The monoisotopic (exact) mass is 343 g/mol. The van der Waals surface area contributed by atoms with Gasteiger partial charge in [-0.1, -0.05) is 12.1 Å². The molecule has 0 radical (unpaired) electrons. The predicted octanol–water partition coefficient (Wildman–Crippen LogP) is 1.35.